The maximum absolute atomic E-state index is 12.9. The zero-order valence-electron chi connectivity index (χ0n) is 13.2. The molecule has 3 saturated carbocycles. The predicted octanol–water partition coefficient (Wildman–Crippen LogP) is 2.93. The molecule has 1 heterocycles. The number of nitrogens with two attached hydrogens (primary N) is 1. The van der Waals surface area contributed by atoms with E-state index in [1.165, 1.54) is 51.4 Å². The fourth-order valence-electron chi connectivity index (χ4n) is 6.20. The topological polar surface area (TPSA) is 46.3 Å². The van der Waals surface area contributed by atoms with Gasteiger partial charge in [-0.15, -0.1) is 0 Å². The number of carbonyl (C=O) groups is 1. The summed E-state index contributed by atoms with van der Waals surface area (Å²) in [5, 5.41) is 0. The number of hydrogen-bond donors (Lipinski definition) is 1. The molecule has 4 rings (SSSR count). The highest BCUT2D eigenvalue weighted by atomic mass is 16.2. The van der Waals surface area contributed by atoms with Crippen molar-refractivity contribution in [1.82, 2.24) is 4.90 Å². The van der Waals surface area contributed by atoms with Crippen LogP contribution < -0.4 is 5.73 Å². The Balaban J connectivity index is 1.49. The highest BCUT2D eigenvalue weighted by Gasteiger charge is 2.58. The number of piperidine rings is 1. The van der Waals surface area contributed by atoms with Gasteiger partial charge in [0.2, 0.25) is 5.91 Å². The Bertz CT molecular complexity index is 413. The van der Waals surface area contributed by atoms with Gasteiger partial charge in [-0.05, 0) is 75.0 Å². The molecule has 4 fully saturated rings. The van der Waals surface area contributed by atoms with E-state index >= 15 is 0 Å². The zero-order chi connectivity index (χ0) is 14.4. The highest BCUT2D eigenvalue weighted by Crippen LogP contribution is 2.61. The van der Waals surface area contributed by atoms with Gasteiger partial charge in [-0.2, -0.15) is 0 Å². The number of rotatable bonds is 1. The molecule has 3 heteroatoms. The fourth-order valence-corrected chi connectivity index (χ4v) is 6.20. The van der Waals surface area contributed by atoms with Crippen LogP contribution >= 0.6 is 0 Å². The van der Waals surface area contributed by atoms with Crippen LogP contribution in [0, 0.1) is 23.2 Å². The lowest BCUT2D eigenvalue weighted by atomic mass is 9.59. The number of fused-ring (bicyclic) bond motifs is 3. The van der Waals surface area contributed by atoms with Crippen LogP contribution in [0.5, 0.6) is 0 Å². The van der Waals surface area contributed by atoms with E-state index in [0.29, 0.717) is 17.4 Å². The van der Waals surface area contributed by atoms with Crippen molar-refractivity contribution in [2.75, 3.05) is 13.1 Å². The molecule has 1 aliphatic heterocycles. The molecule has 1 amide bonds. The lowest BCUT2D eigenvalue weighted by molar-refractivity contribution is -0.140. The second-order valence-corrected chi connectivity index (χ2v) is 8.21. The lowest BCUT2D eigenvalue weighted by Gasteiger charge is -2.48. The van der Waals surface area contributed by atoms with Crippen LogP contribution in [0.1, 0.15) is 64.2 Å². The van der Waals surface area contributed by atoms with Gasteiger partial charge in [0.15, 0.2) is 0 Å². The highest BCUT2D eigenvalue weighted by molar-refractivity contribution is 5.79. The molecule has 1 saturated heterocycles. The zero-order valence-corrected chi connectivity index (χ0v) is 13.2. The van der Waals surface area contributed by atoms with E-state index in [0.717, 1.165) is 37.8 Å². The van der Waals surface area contributed by atoms with Crippen LogP contribution in [0.25, 0.3) is 0 Å². The van der Waals surface area contributed by atoms with Gasteiger partial charge in [-0.1, -0.05) is 6.42 Å². The molecule has 3 nitrogen and oxygen atoms in total. The van der Waals surface area contributed by atoms with Crippen molar-refractivity contribution in [2.45, 2.75) is 70.3 Å². The van der Waals surface area contributed by atoms with Crippen LogP contribution in [-0.2, 0) is 4.79 Å². The maximum atomic E-state index is 12.9. The molecule has 1 unspecified atom stereocenters. The van der Waals surface area contributed by atoms with Crippen LogP contribution in [0.2, 0.25) is 0 Å². The van der Waals surface area contributed by atoms with Gasteiger partial charge in [-0.3, -0.25) is 4.79 Å². The summed E-state index contributed by atoms with van der Waals surface area (Å²) < 4.78 is 0. The third-order valence-corrected chi connectivity index (χ3v) is 7.30. The van der Waals surface area contributed by atoms with Gasteiger partial charge in [0.25, 0.3) is 0 Å². The molecule has 0 aromatic carbocycles. The quantitative estimate of drug-likeness (QED) is 0.807. The van der Waals surface area contributed by atoms with Gasteiger partial charge < -0.3 is 10.6 Å². The molecular formula is C18H30N2O. The molecule has 3 aliphatic carbocycles. The summed E-state index contributed by atoms with van der Waals surface area (Å²) in [7, 11) is 0. The van der Waals surface area contributed by atoms with Crippen LogP contribution in [0.4, 0.5) is 0 Å². The number of amides is 1. The first-order chi connectivity index (χ1) is 10.2. The summed E-state index contributed by atoms with van der Waals surface area (Å²) in [5.74, 6) is 2.33. The molecule has 0 aromatic heterocycles. The number of nitrogens with zero attached hydrogens (tertiary/aromatic N) is 1. The minimum Gasteiger partial charge on any atom is -0.342 e. The lowest BCUT2D eigenvalue weighted by Crippen LogP contribution is -2.51. The van der Waals surface area contributed by atoms with E-state index in [1.54, 1.807) is 0 Å². The summed E-state index contributed by atoms with van der Waals surface area (Å²) in [6.07, 6.45) is 12.5. The minimum absolute atomic E-state index is 0.280. The smallest absolute Gasteiger partial charge is 0.225 e. The molecular weight excluding hydrogens is 260 g/mol. The third kappa shape index (κ3) is 2.15. The second kappa shape index (κ2) is 5.26. The Morgan fingerprint density at radius 3 is 2.57 bits per heavy atom. The normalized spacial score (nSPS) is 46.2. The van der Waals surface area contributed by atoms with Crippen LogP contribution in [0.3, 0.4) is 0 Å². The van der Waals surface area contributed by atoms with Crippen molar-refractivity contribution in [3.05, 3.63) is 0 Å². The van der Waals surface area contributed by atoms with Crippen LogP contribution in [-0.4, -0.2) is 29.9 Å². The first-order valence-corrected chi connectivity index (χ1v) is 9.25. The Labute approximate surface area is 128 Å². The van der Waals surface area contributed by atoms with Gasteiger partial charge in [0.1, 0.15) is 0 Å². The van der Waals surface area contributed by atoms with Crippen molar-refractivity contribution in [3.8, 4) is 0 Å². The van der Waals surface area contributed by atoms with Crippen molar-refractivity contribution in [3.63, 3.8) is 0 Å². The Kier molecular flexibility index (Phi) is 3.52. The number of likely N-dealkylation sites (tertiary alicyclic amines) is 1. The summed E-state index contributed by atoms with van der Waals surface area (Å²) in [6.45, 7) is 2.00. The summed E-state index contributed by atoms with van der Waals surface area (Å²) in [5.41, 5.74) is 6.98. The van der Waals surface area contributed by atoms with E-state index in [2.05, 4.69) is 4.90 Å². The monoisotopic (exact) mass is 290 g/mol. The maximum Gasteiger partial charge on any atom is 0.225 e. The average Bonchev–Trinajstić information content (AvgIpc) is 3.11. The molecule has 2 bridgehead atoms. The summed E-state index contributed by atoms with van der Waals surface area (Å²) in [4.78, 5) is 15.0. The van der Waals surface area contributed by atoms with Crippen molar-refractivity contribution < 1.29 is 4.79 Å². The largest absolute Gasteiger partial charge is 0.342 e. The standard InChI is InChI=1S/C18H30N2O/c19-16-13-6-7-15(11-13)18(16)8-4-5-14(12-18)17(21)20-9-2-1-3-10-20/h13-16H,1-12,19H2/t13-,14?,15+,16-,18-/m0/s1. The second-order valence-electron chi connectivity index (χ2n) is 8.21. The first-order valence-electron chi connectivity index (χ1n) is 9.25. The first kappa shape index (κ1) is 14.0. The van der Waals surface area contributed by atoms with Gasteiger partial charge >= 0.3 is 0 Å². The van der Waals surface area contributed by atoms with Crippen LogP contribution in [0.15, 0.2) is 0 Å². The minimum atomic E-state index is 0.280. The molecule has 2 N–H and O–H groups in total. The molecule has 4 aliphatic rings. The Morgan fingerprint density at radius 1 is 1.05 bits per heavy atom. The molecule has 0 radical (unpaired) electrons. The van der Waals surface area contributed by atoms with Gasteiger partial charge in [0, 0.05) is 25.0 Å². The van der Waals surface area contributed by atoms with Gasteiger partial charge in [0.05, 0.1) is 0 Å². The predicted molar refractivity (Wildman–Crippen MR) is 83.6 cm³/mol. The third-order valence-electron chi connectivity index (χ3n) is 7.30. The van der Waals surface area contributed by atoms with Crippen molar-refractivity contribution in [2.24, 2.45) is 28.9 Å². The molecule has 21 heavy (non-hydrogen) atoms. The van der Waals surface area contributed by atoms with E-state index in [-0.39, 0.29) is 5.92 Å². The van der Waals surface area contributed by atoms with E-state index in [9.17, 15) is 4.79 Å². The summed E-state index contributed by atoms with van der Waals surface area (Å²) in [6, 6.07) is 0.383. The van der Waals surface area contributed by atoms with E-state index in [4.69, 9.17) is 5.73 Å². The molecule has 0 aromatic rings. The number of hydrogen-bond acceptors (Lipinski definition) is 2. The molecule has 1 spiro atoms. The number of carbonyl (C=O) groups excluding carboxylic acids is 1. The van der Waals surface area contributed by atoms with E-state index in [1.807, 2.05) is 0 Å². The Hall–Kier alpha value is -0.570. The SMILES string of the molecule is N[C@H]1[C@H]2CC[C@H](C2)[C@@]12CCCC(C(=O)N1CCCCC1)C2. The van der Waals surface area contributed by atoms with Crippen molar-refractivity contribution in [1.29, 1.82) is 0 Å². The summed E-state index contributed by atoms with van der Waals surface area (Å²) >= 11 is 0. The van der Waals surface area contributed by atoms with Crippen molar-refractivity contribution >= 4 is 5.91 Å². The Morgan fingerprint density at radius 2 is 1.86 bits per heavy atom. The van der Waals surface area contributed by atoms with E-state index < -0.39 is 0 Å². The average molecular weight is 290 g/mol. The molecule has 118 valence electrons. The molecule has 5 atom stereocenters. The fraction of sp³-hybridized carbons (Fsp3) is 0.944. The van der Waals surface area contributed by atoms with Gasteiger partial charge in [-0.25, -0.2) is 0 Å².